The molecule has 0 aliphatic carbocycles. The van der Waals surface area contributed by atoms with Crippen LogP contribution in [-0.2, 0) is 0 Å². The zero-order valence-corrected chi connectivity index (χ0v) is 7.85. The molecule has 0 N–H and O–H groups in total. The van der Waals surface area contributed by atoms with Crippen LogP contribution in [0, 0.1) is 11.6 Å². The molecule has 0 unspecified atom stereocenters. The van der Waals surface area contributed by atoms with Gasteiger partial charge in [0.25, 0.3) is 0 Å². The Balaban J connectivity index is 3.21. The van der Waals surface area contributed by atoms with Crippen molar-refractivity contribution in [2.75, 3.05) is 0 Å². The molecule has 0 amide bonds. The Labute approximate surface area is 71.9 Å². The molecule has 0 radical (unpaired) electrons. The zero-order valence-electron chi connectivity index (χ0n) is 7.03. The highest BCUT2D eigenvalue weighted by Gasteiger charge is 1.97. The predicted octanol–water partition coefficient (Wildman–Crippen LogP) is 2.50. The van der Waals surface area contributed by atoms with E-state index in [9.17, 15) is 0 Å². The quantitative estimate of drug-likeness (QED) is 0.600. The van der Waals surface area contributed by atoms with E-state index in [1.165, 1.54) is 0 Å². The van der Waals surface area contributed by atoms with E-state index in [2.05, 4.69) is 18.9 Å². The maximum absolute atomic E-state index is 5.12. The van der Waals surface area contributed by atoms with Crippen LogP contribution in [0.2, 0.25) is 0 Å². The van der Waals surface area contributed by atoms with Crippen molar-refractivity contribution in [1.82, 2.24) is 9.78 Å². The molecule has 1 rings (SSSR count). The van der Waals surface area contributed by atoms with Crippen molar-refractivity contribution in [1.29, 1.82) is 0 Å². The highest BCUT2D eigenvalue weighted by atomic mass is 32.1. The van der Waals surface area contributed by atoms with Crippen molar-refractivity contribution in [3.05, 3.63) is 22.5 Å². The molecule has 0 fully saturated rings. The standard InChI is InChI=1S/C8H12N2S/c1-6(2)10-8(11)4-7(3)5-9-10/h4-6H,1-3H3. The van der Waals surface area contributed by atoms with E-state index in [1.54, 1.807) is 0 Å². The summed E-state index contributed by atoms with van der Waals surface area (Å²) in [5, 5.41) is 4.19. The van der Waals surface area contributed by atoms with Crippen molar-refractivity contribution in [3.8, 4) is 0 Å². The highest BCUT2D eigenvalue weighted by Crippen LogP contribution is 2.03. The second kappa shape index (κ2) is 3.13. The average molecular weight is 168 g/mol. The molecule has 0 aromatic carbocycles. The molecule has 0 spiro atoms. The Kier molecular flexibility index (Phi) is 2.39. The number of nitrogens with zero attached hydrogens (tertiary/aromatic N) is 2. The van der Waals surface area contributed by atoms with Crippen molar-refractivity contribution in [2.45, 2.75) is 26.8 Å². The summed E-state index contributed by atoms with van der Waals surface area (Å²) in [6.07, 6.45) is 1.83. The number of aryl methyl sites for hydroxylation is 1. The van der Waals surface area contributed by atoms with Gasteiger partial charge in [0.15, 0.2) is 0 Å². The SMILES string of the molecule is Cc1cnn(C(C)C)c(=S)c1. The van der Waals surface area contributed by atoms with Crippen LogP contribution in [0.3, 0.4) is 0 Å². The third-order valence-corrected chi connectivity index (χ3v) is 1.76. The second-order valence-electron chi connectivity index (χ2n) is 2.91. The topological polar surface area (TPSA) is 17.8 Å². The third-order valence-electron chi connectivity index (χ3n) is 1.45. The fraction of sp³-hybridized carbons (Fsp3) is 0.500. The van der Waals surface area contributed by atoms with Crippen molar-refractivity contribution in [2.24, 2.45) is 0 Å². The van der Waals surface area contributed by atoms with Gasteiger partial charge >= 0.3 is 0 Å². The molecule has 1 aromatic rings. The molecule has 0 aliphatic rings. The number of hydrogen-bond acceptors (Lipinski definition) is 2. The first-order chi connectivity index (χ1) is 5.11. The molecule has 0 saturated carbocycles. The predicted molar refractivity (Wildman–Crippen MR) is 48.2 cm³/mol. The lowest BCUT2D eigenvalue weighted by molar-refractivity contribution is 0.512. The zero-order chi connectivity index (χ0) is 8.43. The van der Waals surface area contributed by atoms with Gasteiger partial charge in [-0.2, -0.15) is 5.10 Å². The molecule has 60 valence electrons. The first kappa shape index (κ1) is 8.40. The van der Waals surface area contributed by atoms with Crippen molar-refractivity contribution < 1.29 is 0 Å². The van der Waals surface area contributed by atoms with Crippen molar-refractivity contribution in [3.63, 3.8) is 0 Å². The Morgan fingerprint density at radius 2 is 2.18 bits per heavy atom. The maximum atomic E-state index is 5.12. The summed E-state index contributed by atoms with van der Waals surface area (Å²) < 4.78 is 2.64. The van der Waals surface area contributed by atoms with E-state index in [0.29, 0.717) is 6.04 Å². The van der Waals surface area contributed by atoms with Gasteiger partial charge in [-0.25, -0.2) is 0 Å². The van der Waals surface area contributed by atoms with E-state index >= 15 is 0 Å². The maximum Gasteiger partial charge on any atom is 0.123 e. The Bertz CT molecular complexity index is 301. The summed E-state index contributed by atoms with van der Waals surface area (Å²) >= 11 is 5.12. The molecule has 0 bridgehead atoms. The van der Waals surface area contributed by atoms with Gasteiger partial charge in [0.2, 0.25) is 0 Å². The van der Waals surface area contributed by atoms with Crippen LogP contribution in [0.15, 0.2) is 12.3 Å². The largest absolute Gasteiger partial charge is 0.252 e. The van der Waals surface area contributed by atoms with Gasteiger partial charge in [-0.05, 0) is 32.4 Å². The van der Waals surface area contributed by atoms with Crippen LogP contribution in [0.1, 0.15) is 25.5 Å². The van der Waals surface area contributed by atoms with Crippen molar-refractivity contribution >= 4 is 12.2 Å². The summed E-state index contributed by atoms with van der Waals surface area (Å²) in [7, 11) is 0. The lowest BCUT2D eigenvalue weighted by atomic mass is 10.3. The number of aromatic nitrogens is 2. The fourth-order valence-electron chi connectivity index (χ4n) is 0.896. The molecule has 0 aliphatic heterocycles. The molecular formula is C8H12N2S. The molecule has 0 atom stereocenters. The summed E-state index contributed by atoms with van der Waals surface area (Å²) in [4.78, 5) is 0. The molecular weight excluding hydrogens is 156 g/mol. The number of rotatable bonds is 1. The monoisotopic (exact) mass is 168 g/mol. The van der Waals surface area contributed by atoms with Crippen LogP contribution < -0.4 is 0 Å². The minimum atomic E-state index is 0.350. The third kappa shape index (κ3) is 1.87. The number of hydrogen-bond donors (Lipinski definition) is 0. The summed E-state index contributed by atoms with van der Waals surface area (Å²) in [6.45, 7) is 6.13. The Hall–Kier alpha value is -0.700. The first-order valence-electron chi connectivity index (χ1n) is 3.66. The Morgan fingerprint density at radius 3 is 2.64 bits per heavy atom. The van der Waals surface area contributed by atoms with Crippen LogP contribution in [0.25, 0.3) is 0 Å². The second-order valence-corrected chi connectivity index (χ2v) is 3.33. The van der Waals surface area contributed by atoms with Gasteiger partial charge in [-0.15, -0.1) is 0 Å². The molecule has 2 nitrogen and oxygen atoms in total. The van der Waals surface area contributed by atoms with Gasteiger partial charge in [0.05, 0.1) is 6.20 Å². The Morgan fingerprint density at radius 1 is 1.55 bits per heavy atom. The smallest absolute Gasteiger partial charge is 0.123 e. The summed E-state index contributed by atoms with van der Waals surface area (Å²) in [5.41, 5.74) is 1.12. The van der Waals surface area contributed by atoms with E-state index in [-0.39, 0.29) is 0 Å². The lowest BCUT2D eigenvalue weighted by Gasteiger charge is -2.08. The van der Waals surface area contributed by atoms with E-state index in [4.69, 9.17) is 12.2 Å². The van der Waals surface area contributed by atoms with Gasteiger partial charge in [-0.1, -0.05) is 12.2 Å². The minimum absolute atomic E-state index is 0.350. The molecule has 1 heterocycles. The lowest BCUT2D eigenvalue weighted by Crippen LogP contribution is -2.06. The summed E-state index contributed by atoms with van der Waals surface area (Å²) in [6, 6.07) is 2.31. The van der Waals surface area contributed by atoms with E-state index in [1.807, 2.05) is 23.9 Å². The van der Waals surface area contributed by atoms with Gasteiger partial charge in [0, 0.05) is 6.04 Å². The molecule has 11 heavy (non-hydrogen) atoms. The van der Waals surface area contributed by atoms with E-state index < -0.39 is 0 Å². The minimum Gasteiger partial charge on any atom is -0.252 e. The molecule has 0 saturated heterocycles. The van der Waals surface area contributed by atoms with Gasteiger partial charge < -0.3 is 0 Å². The highest BCUT2D eigenvalue weighted by molar-refractivity contribution is 7.71. The van der Waals surface area contributed by atoms with E-state index in [0.717, 1.165) is 10.2 Å². The van der Waals surface area contributed by atoms with Gasteiger partial charge in [-0.3, -0.25) is 4.68 Å². The van der Waals surface area contributed by atoms with Crippen LogP contribution in [-0.4, -0.2) is 9.78 Å². The molecule has 3 heteroatoms. The van der Waals surface area contributed by atoms with Crippen LogP contribution in [0.5, 0.6) is 0 Å². The fourth-order valence-corrected chi connectivity index (χ4v) is 1.34. The molecule has 1 aromatic heterocycles. The average Bonchev–Trinajstić information content (AvgIpc) is 1.85. The first-order valence-corrected chi connectivity index (χ1v) is 4.07. The van der Waals surface area contributed by atoms with Crippen LogP contribution >= 0.6 is 12.2 Å². The van der Waals surface area contributed by atoms with Gasteiger partial charge in [0.1, 0.15) is 4.64 Å². The summed E-state index contributed by atoms with van der Waals surface area (Å²) in [5.74, 6) is 0. The normalized spacial score (nSPS) is 10.5. The van der Waals surface area contributed by atoms with Crippen LogP contribution in [0.4, 0.5) is 0 Å².